The second kappa shape index (κ2) is 9.23. The molecule has 0 spiro atoms. The van der Waals surface area contributed by atoms with E-state index < -0.39 is 5.54 Å². The van der Waals surface area contributed by atoms with Crippen LogP contribution in [0.1, 0.15) is 57.1 Å². The van der Waals surface area contributed by atoms with Crippen LogP contribution in [0, 0.1) is 5.92 Å². The van der Waals surface area contributed by atoms with E-state index in [9.17, 15) is 9.59 Å². The number of esters is 1. The van der Waals surface area contributed by atoms with Gasteiger partial charge in [0.2, 0.25) is 5.91 Å². The first-order valence-electron chi connectivity index (χ1n) is 9.15. The minimum Gasteiger partial charge on any atom is -0.464 e. The van der Waals surface area contributed by atoms with Gasteiger partial charge >= 0.3 is 5.97 Å². The lowest BCUT2D eigenvalue weighted by atomic mass is 9.75. The summed E-state index contributed by atoms with van der Waals surface area (Å²) < 4.78 is 5.27. The van der Waals surface area contributed by atoms with E-state index in [1.54, 1.807) is 6.92 Å². The molecule has 0 aromatic heterocycles. The third kappa shape index (κ3) is 5.21. The molecule has 4 nitrogen and oxygen atoms in total. The fraction of sp³-hybridized carbons (Fsp3) is 0.600. The first kappa shape index (κ1) is 19.8. The van der Waals surface area contributed by atoms with Gasteiger partial charge in [-0.2, -0.15) is 0 Å². The van der Waals surface area contributed by atoms with Crippen LogP contribution in [0.25, 0.3) is 0 Å². The summed E-state index contributed by atoms with van der Waals surface area (Å²) in [5.74, 6) is 0.600. The van der Waals surface area contributed by atoms with Gasteiger partial charge in [0.15, 0.2) is 0 Å². The number of carbonyl (C=O) groups excluding carboxylic acids is 2. The molecule has 1 aromatic carbocycles. The molecule has 1 aromatic rings. The number of alkyl halides is 1. The van der Waals surface area contributed by atoms with Crippen LogP contribution in [0.15, 0.2) is 24.3 Å². The zero-order valence-electron chi connectivity index (χ0n) is 15.1. The topological polar surface area (TPSA) is 55.4 Å². The predicted octanol–water partition coefficient (Wildman–Crippen LogP) is 3.99. The van der Waals surface area contributed by atoms with Crippen LogP contribution in [0.4, 0.5) is 0 Å². The maximum Gasteiger partial charge on any atom is 0.331 e. The number of amides is 1. The van der Waals surface area contributed by atoms with Gasteiger partial charge in [-0.3, -0.25) is 4.79 Å². The molecule has 5 heteroatoms. The summed E-state index contributed by atoms with van der Waals surface area (Å²) in [5, 5.41) is 3.00. The minimum atomic E-state index is -0.872. The number of hydrogen-bond acceptors (Lipinski definition) is 3. The van der Waals surface area contributed by atoms with Gasteiger partial charge in [-0.1, -0.05) is 37.6 Å². The molecule has 2 rings (SSSR count). The summed E-state index contributed by atoms with van der Waals surface area (Å²) in [7, 11) is 0. The van der Waals surface area contributed by atoms with Crippen LogP contribution in [0.3, 0.4) is 0 Å². The highest BCUT2D eigenvalue weighted by Gasteiger charge is 2.43. The minimum absolute atomic E-state index is 0.144. The van der Waals surface area contributed by atoms with Crippen LogP contribution in [-0.2, 0) is 26.6 Å². The zero-order valence-corrected chi connectivity index (χ0v) is 15.9. The lowest BCUT2D eigenvalue weighted by Gasteiger charge is -2.38. The van der Waals surface area contributed by atoms with Gasteiger partial charge in [0, 0.05) is 5.88 Å². The summed E-state index contributed by atoms with van der Waals surface area (Å²) in [4.78, 5) is 25.1. The third-order valence-electron chi connectivity index (χ3n) is 5.09. The molecule has 1 aliphatic carbocycles. The van der Waals surface area contributed by atoms with Crippen molar-refractivity contribution in [3.63, 3.8) is 0 Å². The van der Waals surface area contributed by atoms with Crippen LogP contribution >= 0.6 is 11.6 Å². The van der Waals surface area contributed by atoms with Crippen molar-refractivity contribution >= 4 is 23.5 Å². The van der Waals surface area contributed by atoms with Crippen molar-refractivity contribution in [1.29, 1.82) is 0 Å². The molecule has 25 heavy (non-hydrogen) atoms. The van der Waals surface area contributed by atoms with Crippen molar-refractivity contribution in [1.82, 2.24) is 5.32 Å². The summed E-state index contributed by atoms with van der Waals surface area (Å²) >= 11 is 5.86. The van der Waals surface area contributed by atoms with Gasteiger partial charge in [0.1, 0.15) is 5.54 Å². The van der Waals surface area contributed by atoms with E-state index in [2.05, 4.69) is 12.2 Å². The number of rotatable bonds is 7. The molecule has 0 radical (unpaired) electrons. The van der Waals surface area contributed by atoms with E-state index in [1.165, 1.54) is 0 Å². The average molecular weight is 366 g/mol. The molecule has 0 saturated heterocycles. The number of hydrogen-bond donors (Lipinski definition) is 1. The van der Waals surface area contributed by atoms with Crippen molar-refractivity contribution in [2.24, 2.45) is 5.92 Å². The van der Waals surface area contributed by atoms with Gasteiger partial charge in [0.05, 0.1) is 13.0 Å². The molecule has 1 amide bonds. The molecule has 0 aliphatic heterocycles. The summed E-state index contributed by atoms with van der Waals surface area (Å²) in [6.07, 6.45) is 4.53. The van der Waals surface area contributed by atoms with Crippen molar-refractivity contribution in [2.45, 2.75) is 63.8 Å². The van der Waals surface area contributed by atoms with Gasteiger partial charge in [-0.05, 0) is 49.7 Å². The lowest BCUT2D eigenvalue weighted by Crippen LogP contribution is -2.57. The molecule has 1 N–H and O–H groups in total. The number of carbonyl (C=O) groups is 2. The van der Waals surface area contributed by atoms with E-state index in [1.807, 2.05) is 24.3 Å². The van der Waals surface area contributed by atoms with Crippen LogP contribution < -0.4 is 5.32 Å². The Morgan fingerprint density at radius 2 is 1.92 bits per heavy atom. The summed E-state index contributed by atoms with van der Waals surface area (Å²) in [5.41, 5.74) is 1.01. The molecule has 0 bridgehead atoms. The highest BCUT2D eigenvalue weighted by Crippen LogP contribution is 2.34. The van der Waals surface area contributed by atoms with Crippen LogP contribution in [0.2, 0.25) is 0 Å². The molecule has 1 aliphatic rings. The number of benzene rings is 1. The Morgan fingerprint density at radius 3 is 2.52 bits per heavy atom. The molecular weight excluding hydrogens is 338 g/mol. The predicted molar refractivity (Wildman–Crippen MR) is 99.5 cm³/mol. The number of ether oxygens (including phenoxy) is 1. The number of nitrogens with one attached hydrogen (secondary N) is 1. The monoisotopic (exact) mass is 365 g/mol. The van der Waals surface area contributed by atoms with Gasteiger partial charge in [-0.15, -0.1) is 11.6 Å². The van der Waals surface area contributed by atoms with Crippen molar-refractivity contribution < 1.29 is 14.3 Å². The summed E-state index contributed by atoms with van der Waals surface area (Å²) in [6, 6.07) is 7.66. The molecule has 1 saturated carbocycles. The Kier molecular flexibility index (Phi) is 7.30. The first-order valence-corrected chi connectivity index (χ1v) is 9.68. The Hall–Kier alpha value is -1.55. The van der Waals surface area contributed by atoms with Gasteiger partial charge < -0.3 is 10.1 Å². The molecular formula is C20H28ClNO3. The molecule has 1 fully saturated rings. The second-order valence-electron chi connectivity index (χ2n) is 6.83. The van der Waals surface area contributed by atoms with Crippen molar-refractivity contribution in [3.05, 3.63) is 35.4 Å². The Labute approximate surface area is 155 Å². The highest BCUT2D eigenvalue weighted by molar-refractivity contribution is 6.17. The quantitative estimate of drug-likeness (QED) is 0.587. The highest BCUT2D eigenvalue weighted by atomic mass is 35.5. The van der Waals surface area contributed by atoms with Crippen molar-refractivity contribution in [2.75, 3.05) is 6.61 Å². The summed E-state index contributed by atoms with van der Waals surface area (Å²) in [6.45, 7) is 4.29. The zero-order chi connectivity index (χ0) is 18.3. The Balaban J connectivity index is 2.07. The largest absolute Gasteiger partial charge is 0.464 e. The van der Waals surface area contributed by atoms with E-state index in [0.717, 1.165) is 30.4 Å². The van der Waals surface area contributed by atoms with Crippen LogP contribution in [-0.4, -0.2) is 24.0 Å². The first-order chi connectivity index (χ1) is 12.0. The SMILES string of the molecule is CCOC(=O)C1(NC(=O)Cc2cccc(CCl)c2)CCC(CC)CC1. The standard InChI is InChI=1S/C20H28ClNO3/c1-3-15-8-10-20(11-9-15,19(24)25-4-2)22-18(23)13-16-6-5-7-17(12-16)14-21/h5-7,12,15H,3-4,8-11,13-14H2,1-2H3,(H,22,23). The maximum absolute atomic E-state index is 12.6. The molecule has 0 atom stereocenters. The van der Waals surface area contributed by atoms with Gasteiger partial charge in [0.25, 0.3) is 0 Å². The Bertz CT molecular complexity index is 594. The molecule has 138 valence electrons. The van der Waals surface area contributed by atoms with E-state index >= 15 is 0 Å². The third-order valence-corrected chi connectivity index (χ3v) is 5.40. The maximum atomic E-state index is 12.6. The fourth-order valence-electron chi connectivity index (χ4n) is 3.55. The van der Waals surface area contributed by atoms with Crippen LogP contribution in [0.5, 0.6) is 0 Å². The Morgan fingerprint density at radius 1 is 1.24 bits per heavy atom. The van der Waals surface area contributed by atoms with E-state index in [-0.39, 0.29) is 18.3 Å². The smallest absolute Gasteiger partial charge is 0.331 e. The van der Waals surface area contributed by atoms with Gasteiger partial charge in [-0.25, -0.2) is 4.79 Å². The fourth-order valence-corrected chi connectivity index (χ4v) is 3.71. The van der Waals surface area contributed by atoms with E-state index in [0.29, 0.717) is 31.2 Å². The average Bonchev–Trinajstić information content (AvgIpc) is 2.62. The number of halogens is 1. The van der Waals surface area contributed by atoms with Crippen molar-refractivity contribution in [3.8, 4) is 0 Å². The molecule has 0 heterocycles. The second-order valence-corrected chi connectivity index (χ2v) is 7.10. The normalized spacial score (nSPS) is 23.1. The lowest BCUT2D eigenvalue weighted by molar-refractivity contribution is -0.155. The molecule has 0 unspecified atom stereocenters. The van der Waals surface area contributed by atoms with E-state index in [4.69, 9.17) is 16.3 Å².